The van der Waals surface area contributed by atoms with Crippen LogP contribution in [-0.2, 0) is 14.3 Å². The number of hydrogen-bond donors (Lipinski definition) is 1. The van der Waals surface area contributed by atoms with Crippen molar-refractivity contribution in [3.05, 3.63) is 29.8 Å². The quantitative estimate of drug-likeness (QED) is 0.770. The number of anilines is 1. The molecule has 3 amide bonds. The Morgan fingerprint density at radius 1 is 1.20 bits per heavy atom. The maximum Gasteiger partial charge on any atom is 0.317 e. The van der Waals surface area contributed by atoms with Gasteiger partial charge in [-0.05, 0) is 19.1 Å². The fourth-order valence-corrected chi connectivity index (χ4v) is 2.76. The van der Waals surface area contributed by atoms with E-state index >= 15 is 0 Å². The smallest absolute Gasteiger partial charge is 0.317 e. The third kappa shape index (κ3) is 5.44. The van der Waals surface area contributed by atoms with Crippen LogP contribution in [0.1, 0.15) is 12.0 Å². The van der Waals surface area contributed by atoms with Gasteiger partial charge < -0.3 is 24.6 Å². The lowest BCUT2D eigenvalue weighted by atomic mass is 10.2. The topological polar surface area (TPSA) is 71.1 Å². The molecule has 138 valence electrons. The van der Waals surface area contributed by atoms with Crippen molar-refractivity contribution >= 4 is 17.6 Å². The van der Waals surface area contributed by atoms with Gasteiger partial charge in [0, 0.05) is 46.0 Å². The number of carbonyl (C=O) groups excluding carboxylic acids is 2. The molecule has 1 heterocycles. The second kappa shape index (κ2) is 9.39. The minimum absolute atomic E-state index is 0.0227. The van der Waals surface area contributed by atoms with Crippen molar-refractivity contribution in [3.63, 3.8) is 0 Å². The van der Waals surface area contributed by atoms with Gasteiger partial charge in [-0.25, -0.2) is 4.79 Å². The second-order valence-electron chi connectivity index (χ2n) is 6.16. The zero-order valence-electron chi connectivity index (χ0n) is 15.2. The molecular weight excluding hydrogens is 322 g/mol. The van der Waals surface area contributed by atoms with Crippen LogP contribution in [0.4, 0.5) is 10.5 Å². The first-order valence-corrected chi connectivity index (χ1v) is 8.45. The molecule has 1 N–H and O–H groups in total. The monoisotopic (exact) mass is 349 g/mol. The van der Waals surface area contributed by atoms with Gasteiger partial charge in [-0.2, -0.15) is 0 Å². The Hall–Kier alpha value is -2.12. The zero-order valence-corrected chi connectivity index (χ0v) is 15.2. The van der Waals surface area contributed by atoms with Gasteiger partial charge >= 0.3 is 6.03 Å². The SMILES string of the molecule is COCCN(CCOC)C(=O)NC1CC(=O)N(c2ccc(C)cc2)C1. The van der Waals surface area contributed by atoms with Crippen LogP contribution in [0.25, 0.3) is 0 Å². The number of methoxy groups -OCH3 is 2. The number of benzene rings is 1. The Labute approximate surface area is 148 Å². The molecule has 0 spiro atoms. The van der Waals surface area contributed by atoms with E-state index in [9.17, 15) is 9.59 Å². The number of urea groups is 1. The van der Waals surface area contributed by atoms with Gasteiger partial charge in [0.05, 0.1) is 19.3 Å². The summed E-state index contributed by atoms with van der Waals surface area (Å²) in [7, 11) is 3.20. The van der Waals surface area contributed by atoms with Crippen LogP contribution in [0.15, 0.2) is 24.3 Å². The van der Waals surface area contributed by atoms with E-state index in [2.05, 4.69) is 5.32 Å². The molecule has 1 saturated heterocycles. The second-order valence-corrected chi connectivity index (χ2v) is 6.16. The fraction of sp³-hybridized carbons (Fsp3) is 0.556. The van der Waals surface area contributed by atoms with Crippen LogP contribution in [0.5, 0.6) is 0 Å². The zero-order chi connectivity index (χ0) is 18.2. The molecule has 0 aromatic heterocycles. The number of amides is 3. The molecule has 1 aliphatic heterocycles. The van der Waals surface area contributed by atoms with Gasteiger partial charge in [-0.3, -0.25) is 4.79 Å². The number of rotatable bonds is 8. The van der Waals surface area contributed by atoms with Gasteiger partial charge in [0.2, 0.25) is 5.91 Å². The van der Waals surface area contributed by atoms with Crippen molar-refractivity contribution in [2.24, 2.45) is 0 Å². The van der Waals surface area contributed by atoms with Gasteiger partial charge in [-0.1, -0.05) is 17.7 Å². The summed E-state index contributed by atoms with van der Waals surface area (Å²) in [6.07, 6.45) is 0.308. The lowest BCUT2D eigenvalue weighted by Crippen LogP contribution is -2.47. The molecule has 25 heavy (non-hydrogen) atoms. The van der Waals surface area contributed by atoms with Crippen LogP contribution in [0.2, 0.25) is 0 Å². The van der Waals surface area contributed by atoms with Crippen LogP contribution < -0.4 is 10.2 Å². The highest BCUT2D eigenvalue weighted by molar-refractivity contribution is 5.96. The maximum atomic E-state index is 12.5. The first kappa shape index (κ1) is 19.2. The Bertz CT molecular complexity index is 568. The first-order chi connectivity index (χ1) is 12.0. The van der Waals surface area contributed by atoms with Crippen molar-refractivity contribution in [1.82, 2.24) is 10.2 Å². The van der Waals surface area contributed by atoms with Gasteiger partial charge in [0.1, 0.15) is 0 Å². The predicted octanol–water partition coefficient (Wildman–Crippen LogP) is 1.40. The van der Waals surface area contributed by atoms with Crippen LogP contribution in [0.3, 0.4) is 0 Å². The molecule has 1 aromatic carbocycles. The van der Waals surface area contributed by atoms with Gasteiger partial charge in [0.25, 0.3) is 0 Å². The molecule has 1 aromatic rings. The van der Waals surface area contributed by atoms with Crippen molar-refractivity contribution in [2.75, 3.05) is 52.0 Å². The van der Waals surface area contributed by atoms with Crippen molar-refractivity contribution < 1.29 is 19.1 Å². The molecule has 7 nitrogen and oxygen atoms in total. The minimum atomic E-state index is -0.200. The number of carbonyl (C=O) groups is 2. The van der Waals surface area contributed by atoms with E-state index in [4.69, 9.17) is 9.47 Å². The van der Waals surface area contributed by atoms with Crippen molar-refractivity contribution in [3.8, 4) is 0 Å². The number of ether oxygens (including phenoxy) is 2. The molecule has 0 aliphatic carbocycles. The molecule has 1 fully saturated rings. The molecular formula is C18H27N3O4. The Morgan fingerprint density at radius 2 is 1.80 bits per heavy atom. The highest BCUT2D eigenvalue weighted by Gasteiger charge is 2.32. The van der Waals surface area contributed by atoms with E-state index in [1.165, 1.54) is 0 Å². The fourth-order valence-electron chi connectivity index (χ4n) is 2.76. The summed E-state index contributed by atoms with van der Waals surface area (Å²) in [5.74, 6) is 0.0227. The molecule has 1 aliphatic rings. The number of nitrogens with one attached hydrogen (secondary N) is 1. The number of aryl methyl sites for hydroxylation is 1. The van der Waals surface area contributed by atoms with E-state index in [0.29, 0.717) is 39.3 Å². The molecule has 0 radical (unpaired) electrons. The average Bonchev–Trinajstić information content (AvgIpc) is 2.96. The normalized spacial score (nSPS) is 17.0. The molecule has 1 atom stereocenters. The Kier molecular flexibility index (Phi) is 7.21. The van der Waals surface area contributed by atoms with Crippen molar-refractivity contribution in [1.29, 1.82) is 0 Å². The summed E-state index contributed by atoms with van der Waals surface area (Å²) in [5.41, 5.74) is 2.01. The van der Waals surface area contributed by atoms with Gasteiger partial charge in [0.15, 0.2) is 0 Å². The van der Waals surface area contributed by atoms with E-state index < -0.39 is 0 Å². The highest BCUT2D eigenvalue weighted by atomic mass is 16.5. The summed E-state index contributed by atoms with van der Waals surface area (Å²) in [6, 6.07) is 7.42. The summed E-state index contributed by atoms with van der Waals surface area (Å²) >= 11 is 0. The van der Waals surface area contributed by atoms with E-state index in [1.54, 1.807) is 24.0 Å². The van der Waals surface area contributed by atoms with E-state index in [1.807, 2.05) is 31.2 Å². The molecule has 0 saturated carbocycles. The number of nitrogens with zero attached hydrogens (tertiary/aromatic N) is 2. The third-order valence-electron chi connectivity index (χ3n) is 4.22. The standard InChI is InChI=1S/C18H27N3O4/c1-14-4-6-16(7-5-14)21-13-15(12-17(21)22)19-18(23)20(8-10-24-2)9-11-25-3/h4-7,15H,8-13H2,1-3H3,(H,19,23). The first-order valence-electron chi connectivity index (χ1n) is 8.45. The summed E-state index contributed by atoms with van der Waals surface area (Å²) in [4.78, 5) is 28.1. The van der Waals surface area contributed by atoms with Crippen LogP contribution in [0, 0.1) is 6.92 Å². The predicted molar refractivity (Wildman–Crippen MR) is 95.8 cm³/mol. The molecule has 0 bridgehead atoms. The number of hydrogen-bond acceptors (Lipinski definition) is 4. The lowest BCUT2D eigenvalue weighted by Gasteiger charge is -2.24. The van der Waals surface area contributed by atoms with E-state index in [-0.39, 0.29) is 18.0 Å². The van der Waals surface area contributed by atoms with Crippen molar-refractivity contribution in [2.45, 2.75) is 19.4 Å². The average molecular weight is 349 g/mol. The maximum absolute atomic E-state index is 12.5. The highest BCUT2D eigenvalue weighted by Crippen LogP contribution is 2.22. The van der Waals surface area contributed by atoms with Crippen LogP contribution >= 0.6 is 0 Å². The van der Waals surface area contributed by atoms with E-state index in [0.717, 1.165) is 11.3 Å². The summed E-state index contributed by atoms with van der Waals surface area (Å²) in [5, 5.41) is 2.95. The Morgan fingerprint density at radius 3 is 2.36 bits per heavy atom. The molecule has 1 unspecified atom stereocenters. The Balaban J connectivity index is 1.94. The largest absolute Gasteiger partial charge is 0.383 e. The molecule has 7 heteroatoms. The third-order valence-corrected chi connectivity index (χ3v) is 4.22. The summed E-state index contributed by atoms with van der Waals surface area (Å²) < 4.78 is 10.1. The summed E-state index contributed by atoms with van der Waals surface area (Å²) in [6.45, 7) is 4.36. The molecule has 2 rings (SSSR count). The van der Waals surface area contributed by atoms with Gasteiger partial charge in [-0.15, -0.1) is 0 Å². The minimum Gasteiger partial charge on any atom is -0.383 e. The van der Waals surface area contributed by atoms with Crippen LogP contribution in [-0.4, -0.2) is 69.9 Å². The lowest BCUT2D eigenvalue weighted by molar-refractivity contribution is -0.117.